The number of nitrogens with two attached hydrogens (primary N) is 1. The van der Waals surface area contributed by atoms with Crippen molar-refractivity contribution >= 4 is 18.0 Å². The lowest BCUT2D eigenvalue weighted by molar-refractivity contribution is 0.444. The second-order valence-corrected chi connectivity index (χ2v) is 5.05. The number of hydrogen-bond acceptors (Lipinski definition) is 2. The fourth-order valence-corrected chi connectivity index (χ4v) is 2.65. The molecule has 0 radical (unpaired) electrons. The predicted octanol–water partition coefficient (Wildman–Crippen LogP) is 2.51. The van der Waals surface area contributed by atoms with Crippen molar-refractivity contribution in [1.29, 1.82) is 0 Å². The van der Waals surface area contributed by atoms with E-state index in [2.05, 4.69) is 15.0 Å². The van der Waals surface area contributed by atoms with E-state index in [-0.39, 0.29) is 0 Å². The van der Waals surface area contributed by atoms with Crippen molar-refractivity contribution in [3.63, 3.8) is 0 Å². The highest BCUT2D eigenvalue weighted by Crippen LogP contribution is 2.20. The fraction of sp³-hybridized carbons (Fsp3) is 0.400. The largest absolute Gasteiger partial charge is 0.383 e. The molecule has 1 saturated carbocycles. The van der Waals surface area contributed by atoms with Crippen LogP contribution in [0.15, 0.2) is 39.2 Å². The molecule has 4 nitrogen and oxygen atoms in total. The summed E-state index contributed by atoms with van der Waals surface area (Å²) >= 11 is 0. The molecule has 2 N–H and O–H groups in total. The number of rotatable bonds is 2. The predicted molar refractivity (Wildman–Crippen MR) is 79.1 cm³/mol. The summed E-state index contributed by atoms with van der Waals surface area (Å²) in [4.78, 5) is 13.2. The highest BCUT2D eigenvalue weighted by molar-refractivity contribution is 6.22. The molecular weight excluding hydrogens is 236 g/mol. The van der Waals surface area contributed by atoms with Gasteiger partial charge in [0.25, 0.3) is 0 Å². The van der Waals surface area contributed by atoms with Crippen molar-refractivity contribution in [3.05, 3.63) is 35.4 Å². The molecular formula is C15H18N4. The third-order valence-electron chi connectivity index (χ3n) is 3.70. The van der Waals surface area contributed by atoms with Gasteiger partial charge >= 0.3 is 0 Å². The first kappa shape index (κ1) is 12.1. The van der Waals surface area contributed by atoms with E-state index in [4.69, 9.17) is 5.73 Å². The molecule has 0 atom stereocenters. The van der Waals surface area contributed by atoms with Gasteiger partial charge < -0.3 is 5.73 Å². The second-order valence-electron chi connectivity index (χ2n) is 5.05. The Labute approximate surface area is 113 Å². The Balaban J connectivity index is 1.76. The van der Waals surface area contributed by atoms with Crippen LogP contribution in [0.1, 0.15) is 43.2 Å². The van der Waals surface area contributed by atoms with Crippen molar-refractivity contribution < 1.29 is 0 Å². The van der Waals surface area contributed by atoms with Crippen LogP contribution in [-0.2, 0) is 0 Å². The Morgan fingerprint density at radius 3 is 2.63 bits per heavy atom. The van der Waals surface area contributed by atoms with Gasteiger partial charge in [-0.25, -0.2) is 9.98 Å². The normalized spacial score (nSPS) is 21.9. The van der Waals surface area contributed by atoms with Gasteiger partial charge in [0.05, 0.1) is 6.04 Å². The molecule has 0 unspecified atom stereocenters. The zero-order chi connectivity index (χ0) is 13.1. The minimum Gasteiger partial charge on any atom is -0.383 e. The SMILES string of the molecule is NC1=NC(=NC=NC2CCCCC2)c2ccccc21. The topological polar surface area (TPSA) is 63.1 Å². The number of aliphatic imine (C=N–C) groups is 3. The van der Waals surface area contributed by atoms with Gasteiger partial charge in [0.1, 0.15) is 12.2 Å². The van der Waals surface area contributed by atoms with Crippen molar-refractivity contribution in [2.45, 2.75) is 38.1 Å². The minimum absolute atomic E-state index is 0.441. The molecule has 2 aliphatic rings. The molecule has 19 heavy (non-hydrogen) atoms. The molecule has 1 aromatic rings. The summed E-state index contributed by atoms with van der Waals surface area (Å²) < 4.78 is 0. The molecule has 0 aromatic heterocycles. The van der Waals surface area contributed by atoms with E-state index >= 15 is 0 Å². The van der Waals surface area contributed by atoms with Crippen LogP contribution >= 0.6 is 0 Å². The molecule has 1 aromatic carbocycles. The quantitative estimate of drug-likeness (QED) is 0.639. The van der Waals surface area contributed by atoms with Gasteiger partial charge in [-0.1, -0.05) is 43.5 Å². The van der Waals surface area contributed by atoms with Crippen molar-refractivity contribution in [2.75, 3.05) is 0 Å². The number of fused-ring (bicyclic) bond motifs is 1. The van der Waals surface area contributed by atoms with Crippen LogP contribution in [0.5, 0.6) is 0 Å². The fourth-order valence-electron chi connectivity index (χ4n) is 2.65. The van der Waals surface area contributed by atoms with E-state index in [1.165, 1.54) is 32.1 Å². The first-order valence-electron chi connectivity index (χ1n) is 6.88. The Morgan fingerprint density at radius 2 is 1.84 bits per heavy atom. The molecule has 98 valence electrons. The Kier molecular flexibility index (Phi) is 3.40. The zero-order valence-corrected chi connectivity index (χ0v) is 10.9. The van der Waals surface area contributed by atoms with Gasteiger partial charge in [-0.15, -0.1) is 0 Å². The maximum atomic E-state index is 5.88. The van der Waals surface area contributed by atoms with Crippen molar-refractivity contribution in [1.82, 2.24) is 0 Å². The smallest absolute Gasteiger partial charge is 0.163 e. The van der Waals surface area contributed by atoms with Gasteiger partial charge in [0, 0.05) is 11.1 Å². The maximum Gasteiger partial charge on any atom is 0.163 e. The van der Waals surface area contributed by atoms with Crippen molar-refractivity contribution in [2.24, 2.45) is 20.7 Å². The van der Waals surface area contributed by atoms with E-state index in [1.807, 2.05) is 24.3 Å². The molecule has 1 heterocycles. The van der Waals surface area contributed by atoms with E-state index in [0.717, 1.165) is 11.1 Å². The van der Waals surface area contributed by atoms with Crippen LogP contribution in [0.4, 0.5) is 0 Å². The average Bonchev–Trinajstić information content (AvgIpc) is 2.78. The molecule has 0 bridgehead atoms. The summed E-state index contributed by atoms with van der Waals surface area (Å²) in [6, 6.07) is 8.33. The Morgan fingerprint density at radius 1 is 1.11 bits per heavy atom. The third-order valence-corrected chi connectivity index (χ3v) is 3.70. The molecule has 0 amide bonds. The van der Waals surface area contributed by atoms with Crippen LogP contribution < -0.4 is 5.73 Å². The highest BCUT2D eigenvalue weighted by Gasteiger charge is 2.18. The van der Waals surface area contributed by atoms with Gasteiger partial charge in [0.15, 0.2) is 5.84 Å². The summed E-state index contributed by atoms with van der Waals surface area (Å²) in [5, 5.41) is 0. The third kappa shape index (κ3) is 2.57. The van der Waals surface area contributed by atoms with Gasteiger partial charge in [0.2, 0.25) is 0 Å². The van der Waals surface area contributed by atoms with Gasteiger partial charge in [-0.05, 0) is 12.8 Å². The minimum atomic E-state index is 0.441. The monoisotopic (exact) mass is 254 g/mol. The first-order valence-corrected chi connectivity index (χ1v) is 6.88. The summed E-state index contributed by atoms with van der Waals surface area (Å²) in [6.45, 7) is 0. The van der Waals surface area contributed by atoms with Crippen LogP contribution in [0.25, 0.3) is 0 Å². The van der Waals surface area contributed by atoms with E-state index in [9.17, 15) is 0 Å². The van der Waals surface area contributed by atoms with Crippen LogP contribution in [0, 0.1) is 0 Å². The summed E-state index contributed by atoms with van der Waals surface area (Å²) in [5.74, 6) is 1.22. The average molecular weight is 254 g/mol. The first-order chi connectivity index (χ1) is 9.34. The lowest BCUT2D eigenvalue weighted by Crippen LogP contribution is -2.09. The second kappa shape index (κ2) is 5.34. The lowest BCUT2D eigenvalue weighted by Gasteiger charge is -2.16. The number of benzene rings is 1. The number of nitrogens with zero attached hydrogens (tertiary/aromatic N) is 3. The number of hydrogen-bond donors (Lipinski definition) is 1. The maximum absolute atomic E-state index is 5.88. The van der Waals surface area contributed by atoms with Crippen molar-refractivity contribution in [3.8, 4) is 0 Å². The summed E-state index contributed by atoms with van der Waals surface area (Å²) in [5.41, 5.74) is 7.84. The Hall–Kier alpha value is -1.97. The molecule has 1 fully saturated rings. The summed E-state index contributed by atoms with van der Waals surface area (Å²) in [6.07, 6.45) is 7.94. The van der Waals surface area contributed by atoms with E-state index < -0.39 is 0 Å². The highest BCUT2D eigenvalue weighted by atomic mass is 15.0. The molecule has 0 spiro atoms. The standard InChI is InChI=1S/C15H18N4/c16-14-12-8-4-5-9-13(12)15(19-14)18-10-17-11-6-2-1-3-7-11/h4-5,8-11H,1-3,6-7H2,(H2,16,17,18,19). The molecule has 3 rings (SSSR count). The number of amidine groups is 2. The summed E-state index contributed by atoms with van der Waals surface area (Å²) in [7, 11) is 0. The molecule has 1 aliphatic carbocycles. The zero-order valence-electron chi connectivity index (χ0n) is 10.9. The van der Waals surface area contributed by atoms with E-state index in [0.29, 0.717) is 17.7 Å². The van der Waals surface area contributed by atoms with Gasteiger partial charge in [-0.2, -0.15) is 0 Å². The van der Waals surface area contributed by atoms with Crippen LogP contribution in [0.2, 0.25) is 0 Å². The van der Waals surface area contributed by atoms with Crippen LogP contribution in [-0.4, -0.2) is 24.1 Å². The Bertz CT molecular complexity index is 551. The van der Waals surface area contributed by atoms with Crippen LogP contribution in [0.3, 0.4) is 0 Å². The molecule has 4 heteroatoms. The van der Waals surface area contributed by atoms with Gasteiger partial charge in [-0.3, -0.25) is 4.99 Å². The molecule has 0 saturated heterocycles. The molecule has 1 aliphatic heterocycles. The van der Waals surface area contributed by atoms with E-state index in [1.54, 1.807) is 6.34 Å². The lowest BCUT2D eigenvalue weighted by atomic mass is 9.96.